The number of fused-ring (bicyclic) bond motifs is 6. The van der Waals surface area contributed by atoms with E-state index in [9.17, 15) is 0 Å². The maximum absolute atomic E-state index is 6.96. The molecule has 0 N–H and O–H groups in total. The molecule has 12 aromatic rings. The highest BCUT2D eigenvalue weighted by molar-refractivity contribution is 6.30. The Morgan fingerprint density at radius 2 is 0.754 bits per heavy atom. The van der Waals surface area contributed by atoms with E-state index in [0.717, 1.165) is 72.6 Å². The summed E-state index contributed by atoms with van der Waals surface area (Å²) in [6.07, 6.45) is 0. The summed E-state index contributed by atoms with van der Waals surface area (Å²) < 4.78 is 13.8. The number of para-hydroxylation sites is 5. The largest absolute Gasteiger partial charge is 0.454 e. The van der Waals surface area contributed by atoms with Crippen molar-refractivity contribution < 1.29 is 8.83 Å². The molecule has 0 atom stereocenters. The van der Waals surface area contributed by atoms with Crippen LogP contribution in [0.4, 0.5) is 34.1 Å². The van der Waals surface area contributed by atoms with Crippen molar-refractivity contribution in [1.82, 2.24) is 0 Å². The molecule has 0 saturated heterocycles. The number of benzene rings is 10. The maximum atomic E-state index is 6.96. The van der Waals surface area contributed by atoms with Crippen LogP contribution in [0, 0.1) is 0 Å². The van der Waals surface area contributed by atoms with E-state index in [2.05, 4.69) is 221 Å². The molecule has 0 unspecified atom stereocenters. The zero-order chi connectivity index (χ0) is 44.1. The maximum Gasteiger partial charge on any atom is 0.159 e. The van der Waals surface area contributed by atoms with Crippen LogP contribution in [0.25, 0.3) is 76.2 Å². The van der Waals surface area contributed by atoms with E-state index in [1.807, 2.05) is 6.07 Å². The van der Waals surface area contributed by atoms with Crippen molar-refractivity contribution in [2.75, 3.05) is 9.80 Å². The van der Waals surface area contributed by atoms with Crippen LogP contribution in [0.1, 0.15) is 76.0 Å². The van der Waals surface area contributed by atoms with Gasteiger partial charge in [-0.3, -0.25) is 0 Å². The summed E-state index contributed by atoms with van der Waals surface area (Å²) in [6.45, 7) is 13.9. The summed E-state index contributed by atoms with van der Waals surface area (Å²) in [7, 11) is 0. The second-order valence-corrected chi connectivity index (χ2v) is 18.6. The van der Waals surface area contributed by atoms with E-state index in [-0.39, 0.29) is 11.8 Å². The third-order valence-corrected chi connectivity index (χ3v) is 13.7. The van der Waals surface area contributed by atoms with Gasteiger partial charge in [-0.05, 0) is 117 Å². The Bertz CT molecular complexity index is 3760. The molecule has 316 valence electrons. The molecule has 10 aromatic carbocycles. The van der Waals surface area contributed by atoms with Crippen molar-refractivity contribution >= 4 is 110 Å². The summed E-state index contributed by atoms with van der Waals surface area (Å²) in [6, 6.07) is 64.1. The van der Waals surface area contributed by atoms with E-state index in [0.29, 0.717) is 5.92 Å². The second-order valence-electron chi connectivity index (χ2n) is 18.6. The molecule has 0 bridgehead atoms. The first-order valence-electron chi connectivity index (χ1n) is 23.1. The van der Waals surface area contributed by atoms with Crippen molar-refractivity contribution in [2.45, 2.75) is 59.3 Å². The van der Waals surface area contributed by atoms with Crippen LogP contribution in [-0.4, -0.2) is 0 Å². The van der Waals surface area contributed by atoms with E-state index < -0.39 is 0 Å². The summed E-state index contributed by atoms with van der Waals surface area (Å²) in [5.74, 6) is 0.822. The molecule has 0 aliphatic carbocycles. The first-order chi connectivity index (χ1) is 31.8. The van der Waals surface area contributed by atoms with E-state index in [1.54, 1.807) is 0 Å². The first kappa shape index (κ1) is 39.1. The van der Waals surface area contributed by atoms with Crippen molar-refractivity contribution in [3.63, 3.8) is 0 Å². The summed E-state index contributed by atoms with van der Waals surface area (Å²) >= 11 is 0. The fraction of sp³-hybridized carbons (Fsp3) is 0.148. The number of nitrogens with zero attached hydrogens (tertiary/aromatic N) is 2. The van der Waals surface area contributed by atoms with Crippen LogP contribution in [0.15, 0.2) is 185 Å². The van der Waals surface area contributed by atoms with E-state index in [1.165, 1.54) is 54.4 Å². The Labute approximate surface area is 379 Å². The van der Waals surface area contributed by atoms with Gasteiger partial charge in [0.1, 0.15) is 11.2 Å². The molecule has 12 rings (SSSR count). The van der Waals surface area contributed by atoms with Gasteiger partial charge in [-0.15, -0.1) is 0 Å². The molecule has 2 heterocycles. The lowest BCUT2D eigenvalue weighted by atomic mass is 9.84. The number of furan rings is 2. The van der Waals surface area contributed by atoms with Gasteiger partial charge in [-0.2, -0.15) is 0 Å². The van der Waals surface area contributed by atoms with Crippen molar-refractivity contribution in [3.05, 3.63) is 193 Å². The van der Waals surface area contributed by atoms with Gasteiger partial charge in [0, 0.05) is 43.7 Å². The number of hydrogen-bond acceptors (Lipinski definition) is 4. The van der Waals surface area contributed by atoms with Gasteiger partial charge < -0.3 is 18.6 Å². The number of hydrogen-bond donors (Lipinski definition) is 0. The van der Waals surface area contributed by atoms with Gasteiger partial charge >= 0.3 is 0 Å². The first-order valence-corrected chi connectivity index (χ1v) is 23.1. The van der Waals surface area contributed by atoms with Crippen LogP contribution in [0.5, 0.6) is 0 Å². The van der Waals surface area contributed by atoms with Gasteiger partial charge in [0.2, 0.25) is 0 Å². The van der Waals surface area contributed by atoms with E-state index in [4.69, 9.17) is 8.83 Å². The molecule has 0 amide bonds. The third-order valence-electron chi connectivity index (χ3n) is 13.7. The van der Waals surface area contributed by atoms with Crippen molar-refractivity contribution in [3.8, 4) is 0 Å². The predicted octanol–water partition coefficient (Wildman–Crippen LogP) is 18.7. The second kappa shape index (κ2) is 15.0. The zero-order valence-electron chi connectivity index (χ0n) is 37.7. The van der Waals surface area contributed by atoms with Crippen molar-refractivity contribution in [2.24, 2.45) is 0 Å². The molecule has 0 radical (unpaired) electrons. The Morgan fingerprint density at radius 3 is 1.31 bits per heavy atom. The Kier molecular flexibility index (Phi) is 9.03. The minimum Gasteiger partial charge on any atom is -0.454 e. The molecule has 2 aromatic heterocycles. The molecular weight excluding hydrogens is 793 g/mol. The van der Waals surface area contributed by atoms with Crippen LogP contribution in [0.3, 0.4) is 0 Å². The Hall–Kier alpha value is -7.56. The number of anilines is 6. The monoisotopic (exact) mass is 842 g/mol. The highest BCUT2D eigenvalue weighted by Crippen LogP contribution is 2.53. The Balaban J connectivity index is 1.21. The van der Waals surface area contributed by atoms with Crippen LogP contribution >= 0.6 is 0 Å². The van der Waals surface area contributed by atoms with Crippen LogP contribution < -0.4 is 9.80 Å². The lowest BCUT2D eigenvalue weighted by molar-refractivity contribution is 0.668. The Morgan fingerprint density at radius 1 is 0.308 bits per heavy atom. The van der Waals surface area contributed by atoms with E-state index >= 15 is 0 Å². The summed E-state index contributed by atoms with van der Waals surface area (Å²) in [5, 5.41) is 12.1. The average molecular weight is 843 g/mol. The number of rotatable bonds is 9. The molecule has 0 fully saturated rings. The quantitative estimate of drug-likeness (QED) is 0.136. The lowest BCUT2D eigenvalue weighted by Crippen LogP contribution is -2.13. The molecule has 0 aliphatic rings. The van der Waals surface area contributed by atoms with Gasteiger partial charge in [0.25, 0.3) is 0 Å². The fourth-order valence-corrected chi connectivity index (χ4v) is 10.7. The molecule has 4 nitrogen and oxygen atoms in total. The normalized spacial score (nSPS) is 12.3. The van der Waals surface area contributed by atoms with Gasteiger partial charge in [-0.1, -0.05) is 157 Å². The average Bonchev–Trinajstić information content (AvgIpc) is 3.92. The molecule has 0 spiro atoms. The molecule has 4 heteroatoms. The SMILES string of the molecule is CC(C)c1cc(N(c2ccccc2)c2cccc3c2oc2ccccc23)c2ccc3c(C(C)C)cc(N(c4ccccc4)c4ccc(C(C)C)c5c4oc4ccccc45)c4ccc1c2c34. The lowest BCUT2D eigenvalue weighted by Gasteiger charge is -2.31. The minimum atomic E-state index is 0.251. The van der Waals surface area contributed by atoms with Gasteiger partial charge in [0.05, 0.1) is 22.7 Å². The molecule has 0 aliphatic heterocycles. The molecule has 0 saturated carbocycles. The van der Waals surface area contributed by atoms with Crippen LogP contribution in [0.2, 0.25) is 0 Å². The third kappa shape index (κ3) is 5.97. The summed E-state index contributed by atoms with van der Waals surface area (Å²) in [5.41, 5.74) is 13.9. The predicted molar refractivity (Wildman–Crippen MR) is 276 cm³/mol. The van der Waals surface area contributed by atoms with Gasteiger partial charge in [-0.25, -0.2) is 0 Å². The minimum absolute atomic E-state index is 0.251. The zero-order valence-corrected chi connectivity index (χ0v) is 37.7. The fourth-order valence-electron chi connectivity index (χ4n) is 10.7. The standard InChI is InChI=1S/C61H50N2O2/c1-36(2)41-32-33-52(61-59(41)48-23-14-16-27-56(48)65-61)63(40-20-11-8-12-21-40)54-35-50(38(5)6)44-28-30-46-53(34-49(37(3)4)43-29-31-47(54)58(44)57(43)46)62(39-18-9-7-10-19-39)51-25-17-24-45-42-22-13-15-26-55(42)64-60(45)51/h7-38H,1-6H3. The highest BCUT2D eigenvalue weighted by atomic mass is 16.3. The topological polar surface area (TPSA) is 32.8 Å². The highest BCUT2D eigenvalue weighted by Gasteiger charge is 2.29. The smallest absolute Gasteiger partial charge is 0.159 e. The van der Waals surface area contributed by atoms with Crippen molar-refractivity contribution in [1.29, 1.82) is 0 Å². The molecular formula is C61H50N2O2. The van der Waals surface area contributed by atoms with Gasteiger partial charge in [0.15, 0.2) is 11.2 Å². The molecule has 65 heavy (non-hydrogen) atoms. The van der Waals surface area contributed by atoms with Crippen LogP contribution in [-0.2, 0) is 0 Å². The summed E-state index contributed by atoms with van der Waals surface area (Å²) in [4.78, 5) is 4.88.